The van der Waals surface area contributed by atoms with Crippen LogP contribution in [0.3, 0.4) is 0 Å². The number of nitrogens with zero attached hydrogens (tertiary/aromatic N) is 3. The molecule has 1 unspecified atom stereocenters. The molecule has 0 saturated carbocycles. The van der Waals surface area contributed by atoms with Gasteiger partial charge in [-0.15, -0.1) is 10.2 Å². The number of furan rings is 1. The summed E-state index contributed by atoms with van der Waals surface area (Å²) in [6.07, 6.45) is 1.62. The lowest BCUT2D eigenvalue weighted by molar-refractivity contribution is -0.119. The summed E-state index contributed by atoms with van der Waals surface area (Å²) in [5, 5.41) is 12.7. The van der Waals surface area contributed by atoms with Gasteiger partial charge in [-0.05, 0) is 37.6 Å². The van der Waals surface area contributed by atoms with Crippen molar-refractivity contribution >= 4 is 29.3 Å². The quantitative estimate of drug-likeness (QED) is 0.644. The Kier molecular flexibility index (Phi) is 5.68. The number of aryl methyl sites for hydroxylation is 1. The highest BCUT2D eigenvalue weighted by atomic mass is 35.5. The predicted molar refractivity (Wildman–Crippen MR) is 102 cm³/mol. The van der Waals surface area contributed by atoms with E-state index in [1.54, 1.807) is 6.26 Å². The smallest absolute Gasteiger partial charge is 0.230 e. The fourth-order valence-electron chi connectivity index (χ4n) is 2.56. The van der Waals surface area contributed by atoms with Crippen LogP contribution in [0, 0.1) is 6.92 Å². The van der Waals surface area contributed by atoms with Gasteiger partial charge in [0.25, 0.3) is 0 Å². The molecule has 0 bridgehead atoms. The van der Waals surface area contributed by atoms with Crippen molar-refractivity contribution in [1.29, 1.82) is 0 Å². The van der Waals surface area contributed by atoms with Crippen LogP contribution in [0.1, 0.15) is 24.3 Å². The number of aromatic nitrogens is 3. The highest BCUT2D eigenvalue weighted by molar-refractivity contribution is 7.99. The monoisotopic (exact) mass is 390 g/mol. The summed E-state index contributed by atoms with van der Waals surface area (Å²) in [6, 6.07) is 9.20. The summed E-state index contributed by atoms with van der Waals surface area (Å²) >= 11 is 7.34. The second-order valence-corrected chi connectivity index (χ2v) is 7.27. The van der Waals surface area contributed by atoms with Crippen molar-refractivity contribution in [3.05, 3.63) is 52.9 Å². The molecule has 8 heteroatoms. The lowest BCUT2D eigenvalue weighted by atomic mass is 10.1. The second-order valence-electron chi connectivity index (χ2n) is 5.89. The normalized spacial score (nSPS) is 12.2. The molecule has 0 radical (unpaired) electrons. The highest BCUT2D eigenvalue weighted by Gasteiger charge is 2.16. The first-order chi connectivity index (χ1) is 12.5. The van der Waals surface area contributed by atoms with Gasteiger partial charge in [0.05, 0.1) is 23.6 Å². The molecule has 0 saturated heterocycles. The zero-order valence-corrected chi connectivity index (χ0v) is 16.3. The average molecular weight is 391 g/mol. The Morgan fingerprint density at radius 3 is 2.88 bits per heavy atom. The fraction of sp³-hybridized carbons (Fsp3) is 0.278. The molecule has 26 heavy (non-hydrogen) atoms. The third-order valence-electron chi connectivity index (χ3n) is 3.99. The Labute approximate surface area is 160 Å². The zero-order chi connectivity index (χ0) is 18.7. The largest absolute Gasteiger partial charge is 0.469 e. The van der Waals surface area contributed by atoms with Gasteiger partial charge in [0.1, 0.15) is 5.76 Å². The van der Waals surface area contributed by atoms with Gasteiger partial charge in [-0.3, -0.25) is 4.79 Å². The minimum atomic E-state index is -0.120. The maximum atomic E-state index is 12.2. The minimum Gasteiger partial charge on any atom is -0.469 e. The third-order valence-corrected chi connectivity index (χ3v) is 5.25. The number of rotatable bonds is 6. The first-order valence-corrected chi connectivity index (χ1v) is 9.43. The van der Waals surface area contributed by atoms with Crippen LogP contribution in [0.2, 0.25) is 5.02 Å². The molecule has 1 atom stereocenters. The molecule has 0 fully saturated rings. The van der Waals surface area contributed by atoms with E-state index in [4.69, 9.17) is 16.0 Å². The van der Waals surface area contributed by atoms with Crippen molar-refractivity contribution in [2.75, 3.05) is 5.75 Å². The molecule has 6 nitrogen and oxygen atoms in total. The van der Waals surface area contributed by atoms with Crippen LogP contribution in [0.25, 0.3) is 11.4 Å². The van der Waals surface area contributed by atoms with E-state index in [-0.39, 0.29) is 17.7 Å². The van der Waals surface area contributed by atoms with E-state index in [2.05, 4.69) is 15.5 Å². The lowest BCUT2D eigenvalue weighted by Gasteiger charge is -2.14. The number of halogens is 1. The van der Waals surface area contributed by atoms with Crippen molar-refractivity contribution in [2.24, 2.45) is 7.05 Å². The summed E-state index contributed by atoms with van der Waals surface area (Å²) in [6.45, 7) is 3.80. The minimum absolute atomic E-state index is 0.0773. The lowest BCUT2D eigenvalue weighted by Crippen LogP contribution is -2.28. The summed E-state index contributed by atoms with van der Waals surface area (Å²) < 4.78 is 7.17. The number of carbonyl (C=O) groups is 1. The Balaban J connectivity index is 1.60. The first kappa shape index (κ1) is 18.5. The number of hydrogen-bond donors (Lipinski definition) is 1. The molecule has 2 aromatic heterocycles. The molecule has 1 aromatic carbocycles. The standard InChI is InChI=1S/C18H19ClN4O2S/c1-11(13-5-4-6-14(19)9-13)20-16(24)10-26-18-22-21-17(23(18)3)15-7-8-25-12(15)2/h4-9,11H,10H2,1-3H3,(H,20,24). The Bertz CT molecular complexity index is 922. The molecule has 0 aliphatic carbocycles. The molecule has 1 amide bonds. The van der Waals surface area contributed by atoms with Crippen molar-refractivity contribution in [3.63, 3.8) is 0 Å². The third kappa shape index (κ3) is 4.11. The van der Waals surface area contributed by atoms with Gasteiger partial charge in [-0.25, -0.2) is 0 Å². The first-order valence-electron chi connectivity index (χ1n) is 8.07. The highest BCUT2D eigenvalue weighted by Crippen LogP contribution is 2.26. The van der Waals surface area contributed by atoms with Gasteiger partial charge in [0.2, 0.25) is 5.91 Å². The van der Waals surface area contributed by atoms with Gasteiger partial charge in [-0.2, -0.15) is 0 Å². The maximum Gasteiger partial charge on any atom is 0.230 e. The van der Waals surface area contributed by atoms with Crippen LogP contribution in [0.5, 0.6) is 0 Å². The van der Waals surface area contributed by atoms with Crippen molar-refractivity contribution < 1.29 is 9.21 Å². The van der Waals surface area contributed by atoms with E-state index in [1.807, 2.05) is 55.8 Å². The van der Waals surface area contributed by atoms with Gasteiger partial charge in [-0.1, -0.05) is 35.5 Å². The molecule has 1 N–H and O–H groups in total. The Morgan fingerprint density at radius 2 is 2.19 bits per heavy atom. The number of carbonyl (C=O) groups excluding carboxylic acids is 1. The number of nitrogens with one attached hydrogen (secondary N) is 1. The molecule has 2 heterocycles. The Hall–Kier alpha value is -2.25. The molecule has 3 rings (SSSR count). The van der Waals surface area contributed by atoms with Crippen molar-refractivity contribution in [1.82, 2.24) is 20.1 Å². The zero-order valence-electron chi connectivity index (χ0n) is 14.7. The van der Waals surface area contributed by atoms with Crippen LogP contribution in [-0.4, -0.2) is 26.4 Å². The molecule has 0 spiro atoms. The predicted octanol–water partition coefficient (Wildman–Crippen LogP) is 4.01. The summed E-state index contributed by atoms with van der Waals surface area (Å²) in [5.41, 5.74) is 1.86. The number of hydrogen-bond acceptors (Lipinski definition) is 5. The average Bonchev–Trinajstić information content (AvgIpc) is 3.18. The van der Waals surface area contributed by atoms with Gasteiger partial charge in [0.15, 0.2) is 11.0 Å². The van der Waals surface area contributed by atoms with E-state index in [9.17, 15) is 4.79 Å². The summed E-state index contributed by atoms with van der Waals surface area (Å²) in [4.78, 5) is 12.2. The van der Waals surface area contributed by atoms with Gasteiger partial charge < -0.3 is 14.3 Å². The van der Waals surface area contributed by atoms with Gasteiger partial charge in [0, 0.05) is 12.1 Å². The fourth-order valence-corrected chi connectivity index (χ4v) is 3.49. The molecule has 3 aromatic rings. The maximum absolute atomic E-state index is 12.2. The molecule has 136 valence electrons. The van der Waals surface area contributed by atoms with Crippen LogP contribution in [-0.2, 0) is 11.8 Å². The van der Waals surface area contributed by atoms with Crippen molar-refractivity contribution in [2.45, 2.75) is 25.0 Å². The summed E-state index contributed by atoms with van der Waals surface area (Å²) in [5.74, 6) is 1.67. The van der Waals surface area contributed by atoms with Crippen molar-refractivity contribution in [3.8, 4) is 11.4 Å². The summed E-state index contributed by atoms with van der Waals surface area (Å²) in [7, 11) is 1.87. The topological polar surface area (TPSA) is 72.9 Å². The van der Waals surface area contributed by atoms with Crippen LogP contribution in [0.4, 0.5) is 0 Å². The van der Waals surface area contributed by atoms with Crippen LogP contribution >= 0.6 is 23.4 Å². The number of amides is 1. The molecule has 0 aliphatic heterocycles. The van der Waals surface area contributed by atoms with Gasteiger partial charge >= 0.3 is 0 Å². The van der Waals surface area contributed by atoms with E-state index >= 15 is 0 Å². The SMILES string of the molecule is Cc1occc1-c1nnc(SCC(=O)NC(C)c2cccc(Cl)c2)n1C. The molecule has 0 aliphatic rings. The molecular weight excluding hydrogens is 372 g/mol. The molecular formula is C18H19ClN4O2S. The van der Waals surface area contributed by atoms with E-state index < -0.39 is 0 Å². The van der Waals surface area contributed by atoms with Crippen LogP contribution < -0.4 is 5.32 Å². The second kappa shape index (κ2) is 7.97. The Morgan fingerprint density at radius 1 is 1.38 bits per heavy atom. The van der Waals surface area contributed by atoms with E-state index in [1.165, 1.54) is 11.8 Å². The number of benzene rings is 1. The number of thioether (sulfide) groups is 1. The van der Waals surface area contributed by atoms with E-state index in [0.717, 1.165) is 16.9 Å². The van der Waals surface area contributed by atoms with E-state index in [0.29, 0.717) is 16.0 Å². The van der Waals surface area contributed by atoms with Crippen LogP contribution in [0.15, 0.2) is 46.2 Å².